The maximum Gasteiger partial charge on any atom is 0.322 e. The van der Waals surface area contributed by atoms with Gasteiger partial charge < -0.3 is 20.9 Å². The normalized spacial score (nSPS) is 11.9. The van der Waals surface area contributed by atoms with E-state index in [0.717, 1.165) is 0 Å². The van der Waals surface area contributed by atoms with Crippen LogP contribution in [0, 0.1) is 0 Å². The summed E-state index contributed by atoms with van der Waals surface area (Å²) < 4.78 is 9.07. The van der Waals surface area contributed by atoms with Gasteiger partial charge in [-0.15, -0.1) is 0 Å². The van der Waals surface area contributed by atoms with Gasteiger partial charge >= 0.3 is 11.9 Å². The van der Waals surface area contributed by atoms with Gasteiger partial charge in [-0.25, -0.2) is 0 Å². The molecule has 4 N–H and O–H groups in total. The minimum atomic E-state index is -0.773. The van der Waals surface area contributed by atoms with Gasteiger partial charge in [-0.1, -0.05) is 0 Å². The molecule has 0 unspecified atom stereocenters. The molecule has 0 saturated carbocycles. The predicted molar refractivity (Wildman–Crippen MR) is 49.2 cm³/mol. The van der Waals surface area contributed by atoms with Crippen molar-refractivity contribution < 1.29 is 19.1 Å². The summed E-state index contributed by atoms with van der Waals surface area (Å²) in [7, 11) is 1.24. The average Bonchev–Trinajstić information content (AvgIpc) is 2.21. The molecule has 0 aromatic rings. The molecule has 0 rings (SSSR count). The Morgan fingerprint density at radius 3 is 2.57 bits per heavy atom. The Morgan fingerprint density at radius 2 is 2.07 bits per heavy atom. The minimum Gasteiger partial charge on any atom is -0.468 e. The molecular weight excluding hydrogens is 188 g/mol. The standard InChI is InChI=1S/C8H16N2O4/c1-13-8(12)6(10)2-3-7(11)14-5-4-9/h6H,2-5,9-10H2,1H3/t6-/m0/s1. The molecule has 0 aromatic heterocycles. The molecule has 1 atom stereocenters. The van der Waals surface area contributed by atoms with E-state index in [1.165, 1.54) is 7.11 Å². The molecule has 0 radical (unpaired) electrons. The summed E-state index contributed by atoms with van der Waals surface area (Å²) in [4.78, 5) is 21.8. The van der Waals surface area contributed by atoms with E-state index in [-0.39, 0.29) is 26.0 Å². The third-order valence-corrected chi connectivity index (χ3v) is 1.54. The van der Waals surface area contributed by atoms with Crippen LogP contribution in [0.5, 0.6) is 0 Å². The molecule has 0 aliphatic carbocycles. The largest absolute Gasteiger partial charge is 0.468 e. The number of methoxy groups -OCH3 is 1. The molecule has 0 bridgehead atoms. The van der Waals surface area contributed by atoms with E-state index in [1.54, 1.807) is 0 Å². The van der Waals surface area contributed by atoms with Crippen LogP contribution in [0.4, 0.5) is 0 Å². The van der Waals surface area contributed by atoms with Gasteiger partial charge in [0.05, 0.1) is 7.11 Å². The molecule has 0 aromatic carbocycles. The van der Waals surface area contributed by atoms with Crippen LogP contribution >= 0.6 is 0 Å². The first-order valence-corrected chi connectivity index (χ1v) is 4.31. The summed E-state index contributed by atoms with van der Waals surface area (Å²) in [5.41, 5.74) is 10.5. The Hall–Kier alpha value is -1.14. The van der Waals surface area contributed by atoms with Crippen molar-refractivity contribution in [3.8, 4) is 0 Å². The molecule has 0 spiro atoms. The fraction of sp³-hybridized carbons (Fsp3) is 0.750. The highest BCUT2D eigenvalue weighted by Crippen LogP contribution is 1.98. The smallest absolute Gasteiger partial charge is 0.322 e. The molecule has 0 heterocycles. The Bertz CT molecular complexity index is 196. The fourth-order valence-corrected chi connectivity index (χ4v) is 0.788. The van der Waals surface area contributed by atoms with Gasteiger partial charge in [0.25, 0.3) is 0 Å². The summed E-state index contributed by atoms with van der Waals surface area (Å²) in [6.07, 6.45) is 0.312. The zero-order valence-electron chi connectivity index (χ0n) is 8.19. The van der Waals surface area contributed by atoms with Crippen molar-refractivity contribution in [1.82, 2.24) is 0 Å². The first kappa shape index (κ1) is 12.9. The molecule has 0 saturated heterocycles. The SMILES string of the molecule is COC(=O)[C@@H](N)CCC(=O)OCCN. The van der Waals surface area contributed by atoms with Gasteiger partial charge in [0.15, 0.2) is 0 Å². The lowest BCUT2D eigenvalue weighted by Gasteiger charge is -2.08. The number of hydrogen-bond acceptors (Lipinski definition) is 6. The van der Waals surface area contributed by atoms with E-state index >= 15 is 0 Å². The van der Waals surface area contributed by atoms with Crippen molar-refractivity contribution in [3.63, 3.8) is 0 Å². The topological polar surface area (TPSA) is 105 Å². The molecule has 14 heavy (non-hydrogen) atoms. The van der Waals surface area contributed by atoms with E-state index in [0.29, 0.717) is 0 Å². The monoisotopic (exact) mass is 204 g/mol. The third kappa shape index (κ3) is 5.50. The Kier molecular flexibility index (Phi) is 6.69. The molecule has 0 aliphatic rings. The highest BCUT2D eigenvalue weighted by molar-refractivity contribution is 5.76. The van der Waals surface area contributed by atoms with E-state index < -0.39 is 18.0 Å². The van der Waals surface area contributed by atoms with Gasteiger partial charge in [0.1, 0.15) is 12.6 Å². The summed E-state index contributed by atoms with van der Waals surface area (Å²) in [6.45, 7) is 0.473. The van der Waals surface area contributed by atoms with Crippen molar-refractivity contribution >= 4 is 11.9 Å². The fourth-order valence-electron chi connectivity index (χ4n) is 0.788. The molecule has 6 heteroatoms. The van der Waals surface area contributed by atoms with E-state index in [2.05, 4.69) is 9.47 Å². The Morgan fingerprint density at radius 1 is 1.43 bits per heavy atom. The third-order valence-electron chi connectivity index (χ3n) is 1.54. The van der Waals surface area contributed by atoms with Crippen LogP contribution in [-0.2, 0) is 19.1 Å². The summed E-state index contributed by atoms with van der Waals surface area (Å²) >= 11 is 0. The highest BCUT2D eigenvalue weighted by Gasteiger charge is 2.15. The minimum absolute atomic E-state index is 0.0935. The number of ether oxygens (including phenoxy) is 2. The second-order valence-electron chi connectivity index (χ2n) is 2.68. The van der Waals surface area contributed by atoms with Gasteiger partial charge in [-0.2, -0.15) is 0 Å². The second kappa shape index (κ2) is 7.28. The van der Waals surface area contributed by atoms with Crippen molar-refractivity contribution in [2.75, 3.05) is 20.3 Å². The van der Waals surface area contributed by atoms with E-state index in [4.69, 9.17) is 11.5 Å². The van der Waals surface area contributed by atoms with Crippen LogP contribution in [-0.4, -0.2) is 38.2 Å². The maximum absolute atomic E-state index is 10.9. The number of esters is 2. The van der Waals surface area contributed by atoms with Crippen molar-refractivity contribution in [2.24, 2.45) is 11.5 Å². The van der Waals surface area contributed by atoms with Crippen LogP contribution < -0.4 is 11.5 Å². The second-order valence-corrected chi connectivity index (χ2v) is 2.68. The van der Waals surface area contributed by atoms with Crippen LogP contribution in [0.15, 0.2) is 0 Å². The van der Waals surface area contributed by atoms with Gasteiger partial charge in [-0.05, 0) is 6.42 Å². The molecule has 0 fully saturated rings. The average molecular weight is 204 g/mol. The Labute approximate surface area is 82.5 Å². The number of carbonyl (C=O) groups is 2. The van der Waals surface area contributed by atoms with Gasteiger partial charge in [-0.3, -0.25) is 9.59 Å². The number of rotatable bonds is 6. The first-order valence-electron chi connectivity index (χ1n) is 4.31. The van der Waals surface area contributed by atoms with Crippen LogP contribution in [0.3, 0.4) is 0 Å². The molecular formula is C8H16N2O4. The summed E-state index contributed by atoms with van der Waals surface area (Å²) in [5.74, 6) is -0.938. The van der Waals surface area contributed by atoms with Gasteiger partial charge in [0, 0.05) is 13.0 Å². The van der Waals surface area contributed by atoms with Crippen LogP contribution in [0.2, 0.25) is 0 Å². The number of nitrogens with two attached hydrogens (primary N) is 2. The zero-order chi connectivity index (χ0) is 11.0. The van der Waals surface area contributed by atoms with Crippen molar-refractivity contribution in [1.29, 1.82) is 0 Å². The molecule has 0 amide bonds. The highest BCUT2D eigenvalue weighted by atomic mass is 16.5. The van der Waals surface area contributed by atoms with Crippen LogP contribution in [0.1, 0.15) is 12.8 Å². The summed E-state index contributed by atoms with van der Waals surface area (Å²) in [5, 5.41) is 0. The Balaban J connectivity index is 3.60. The van der Waals surface area contributed by atoms with E-state index in [1.807, 2.05) is 0 Å². The lowest BCUT2D eigenvalue weighted by atomic mass is 10.2. The van der Waals surface area contributed by atoms with Crippen molar-refractivity contribution in [3.05, 3.63) is 0 Å². The zero-order valence-corrected chi connectivity index (χ0v) is 8.19. The molecule has 6 nitrogen and oxygen atoms in total. The lowest BCUT2D eigenvalue weighted by molar-refractivity contribution is -0.145. The first-order chi connectivity index (χ1) is 6.61. The lowest BCUT2D eigenvalue weighted by Crippen LogP contribution is -2.32. The summed E-state index contributed by atoms with van der Waals surface area (Å²) in [6, 6.07) is -0.773. The molecule has 82 valence electrons. The quantitative estimate of drug-likeness (QED) is 0.525. The molecule has 0 aliphatic heterocycles. The number of hydrogen-bond donors (Lipinski definition) is 2. The maximum atomic E-state index is 10.9. The number of carbonyl (C=O) groups excluding carboxylic acids is 2. The predicted octanol–water partition coefficient (Wildman–Crippen LogP) is -1.23. The van der Waals surface area contributed by atoms with Crippen LogP contribution in [0.25, 0.3) is 0 Å². The van der Waals surface area contributed by atoms with E-state index in [9.17, 15) is 9.59 Å². The van der Waals surface area contributed by atoms with Gasteiger partial charge in [0.2, 0.25) is 0 Å². The van der Waals surface area contributed by atoms with Crippen molar-refractivity contribution in [2.45, 2.75) is 18.9 Å².